The molecule has 0 saturated carbocycles. The Morgan fingerprint density at radius 2 is 1.96 bits per heavy atom. The van der Waals surface area contributed by atoms with E-state index in [0.717, 1.165) is 11.2 Å². The molecule has 10 nitrogen and oxygen atoms in total. The molecule has 1 aromatic heterocycles. The number of ether oxygens (including phenoxy) is 4. The third-order valence-electron chi connectivity index (χ3n) is 2.85. The van der Waals surface area contributed by atoms with Gasteiger partial charge in [-0.05, 0) is 13.8 Å². The molecule has 144 valence electrons. The van der Waals surface area contributed by atoms with Crippen molar-refractivity contribution in [2.24, 2.45) is 0 Å². The molecular formula is C14H25N2O8P. The number of hydrogen-bond acceptors (Lipinski definition) is 7. The lowest BCUT2D eigenvalue weighted by Crippen LogP contribution is -2.38. The minimum atomic E-state index is -3.42. The summed E-state index contributed by atoms with van der Waals surface area (Å²) < 4.78 is 34.0. The molecule has 2 N–H and O–H groups in total. The maximum atomic E-state index is 11.9. The molecule has 11 heteroatoms. The van der Waals surface area contributed by atoms with Crippen LogP contribution in [0.3, 0.4) is 0 Å². The number of hydrogen-bond donors (Lipinski definition) is 2. The molecule has 25 heavy (non-hydrogen) atoms. The van der Waals surface area contributed by atoms with Crippen molar-refractivity contribution in [2.75, 3.05) is 33.3 Å². The van der Waals surface area contributed by atoms with Crippen LogP contribution < -0.4 is 11.2 Å². The van der Waals surface area contributed by atoms with Crippen molar-refractivity contribution in [3.05, 3.63) is 33.1 Å². The van der Waals surface area contributed by atoms with Crippen LogP contribution in [0, 0.1) is 0 Å². The van der Waals surface area contributed by atoms with Gasteiger partial charge in [-0.15, -0.1) is 0 Å². The molecule has 0 aliphatic heterocycles. The molecule has 0 spiro atoms. The highest BCUT2D eigenvalue weighted by Crippen LogP contribution is 2.35. The average molecular weight is 380 g/mol. The van der Waals surface area contributed by atoms with Gasteiger partial charge in [0.2, 0.25) is 7.37 Å². The fourth-order valence-electron chi connectivity index (χ4n) is 1.78. The predicted octanol–water partition coefficient (Wildman–Crippen LogP) is 0.324. The number of nitrogens with one attached hydrogen (secondary N) is 1. The summed E-state index contributed by atoms with van der Waals surface area (Å²) in [6, 6.07) is 1.17. The zero-order valence-electron chi connectivity index (χ0n) is 14.7. The highest BCUT2D eigenvalue weighted by Gasteiger charge is 2.23. The summed E-state index contributed by atoms with van der Waals surface area (Å²) >= 11 is 0. The second kappa shape index (κ2) is 10.0. The van der Waals surface area contributed by atoms with Gasteiger partial charge in [0.1, 0.15) is 6.35 Å². The number of H-pyrrole nitrogens is 1. The summed E-state index contributed by atoms with van der Waals surface area (Å²) in [6.45, 7) is 4.75. The number of rotatable bonds is 11. The van der Waals surface area contributed by atoms with Gasteiger partial charge < -0.3 is 23.8 Å². The molecule has 0 aliphatic carbocycles. The normalized spacial score (nSPS) is 16.6. The lowest BCUT2D eigenvalue weighted by atomic mass is 10.5. The van der Waals surface area contributed by atoms with E-state index < -0.39 is 37.5 Å². The first kappa shape index (κ1) is 21.8. The minimum absolute atomic E-state index is 0.0175. The standard InChI is InChI=1S/C14H25N2O8P/c1-10(2)22-8-13(23-9-25(4,19)20)24-12(7-21-3)16-6-5-11(17)15-14(16)18/h5-6,10,12-13H,7-9H2,1-4H3,(H,19,20)(H,15,17,18)/t12-,13-/m1/s1. The van der Waals surface area contributed by atoms with Crippen molar-refractivity contribution in [2.45, 2.75) is 32.5 Å². The highest BCUT2D eigenvalue weighted by atomic mass is 31.2. The van der Waals surface area contributed by atoms with Crippen LogP contribution in [0.1, 0.15) is 20.1 Å². The fraction of sp³-hybridized carbons (Fsp3) is 0.714. The van der Waals surface area contributed by atoms with E-state index in [1.165, 1.54) is 19.4 Å². The first-order valence-corrected chi connectivity index (χ1v) is 9.90. The molecule has 0 bridgehead atoms. The van der Waals surface area contributed by atoms with Crippen LogP contribution in [0.5, 0.6) is 0 Å². The lowest BCUT2D eigenvalue weighted by Gasteiger charge is -2.26. The Labute approximate surface area is 145 Å². The predicted molar refractivity (Wildman–Crippen MR) is 89.9 cm³/mol. The summed E-state index contributed by atoms with van der Waals surface area (Å²) in [4.78, 5) is 34.6. The fourth-order valence-corrected chi connectivity index (χ4v) is 2.22. The van der Waals surface area contributed by atoms with E-state index in [1.807, 2.05) is 13.8 Å². The number of nitrogens with zero attached hydrogens (tertiary/aromatic N) is 1. The first-order chi connectivity index (χ1) is 11.6. The Balaban J connectivity index is 2.94. The summed E-state index contributed by atoms with van der Waals surface area (Å²) in [5.74, 6) is 0. The molecule has 1 heterocycles. The van der Waals surface area contributed by atoms with Crippen molar-refractivity contribution in [1.82, 2.24) is 9.55 Å². The Morgan fingerprint density at radius 3 is 2.48 bits per heavy atom. The Morgan fingerprint density at radius 1 is 1.28 bits per heavy atom. The lowest BCUT2D eigenvalue weighted by molar-refractivity contribution is -0.220. The minimum Gasteiger partial charge on any atom is -0.380 e. The van der Waals surface area contributed by atoms with Gasteiger partial charge in [0.05, 0.1) is 19.3 Å². The van der Waals surface area contributed by atoms with E-state index in [1.54, 1.807) is 0 Å². The van der Waals surface area contributed by atoms with E-state index >= 15 is 0 Å². The zero-order valence-corrected chi connectivity index (χ0v) is 15.6. The van der Waals surface area contributed by atoms with Gasteiger partial charge in [-0.1, -0.05) is 0 Å². The molecule has 0 aromatic carbocycles. The summed E-state index contributed by atoms with van der Waals surface area (Å²) in [6.07, 6.45) is -1.22. The van der Waals surface area contributed by atoms with Gasteiger partial charge in [-0.2, -0.15) is 0 Å². The second-order valence-corrected chi connectivity index (χ2v) is 8.08. The van der Waals surface area contributed by atoms with Gasteiger partial charge in [-0.3, -0.25) is 18.9 Å². The highest BCUT2D eigenvalue weighted by molar-refractivity contribution is 7.56. The average Bonchev–Trinajstić information content (AvgIpc) is 2.48. The van der Waals surface area contributed by atoms with Gasteiger partial charge in [0.15, 0.2) is 12.5 Å². The molecule has 0 saturated heterocycles. The van der Waals surface area contributed by atoms with E-state index in [-0.39, 0.29) is 19.3 Å². The maximum Gasteiger partial charge on any atom is 0.330 e. The quantitative estimate of drug-likeness (QED) is 0.415. The van der Waals surface area contributed by atoms with Crippen LogP contribution in [-0.4, -0.2) is 60.2 Å². The first-order valence-electron chi connectivity index (χ1n) is 7.60. The largest absolute Gasteiger partial charge is 0.380 e. The van der Waals surface area contributed by atoms with Crippen molar-refractivity contribution in [1.29, 1.82) is 0 Å². The topological polar surface area (TPSA) is 129 Å². The Hall–Kier alpha value is -1.29. The smallest absolute Gasteiger partial charge is 0.330 e. The molecule has 0 amide bonds. The number of aromatic nitrogens is 2. The van der Waals surface area contributed by atoms with Crippen molar-refractivity contribution in [3.8, 4) is 0 Å². The van der Waals surface area contributed by atoms with Crippen LogP contribution in [0.15, 0.2) is 21.9 Å². The molecule has 0 aliphatic rings. The Bertz CT molecular complexity index is 680. The van der Waals surface area contributed by atoms with E-state index in [0.29, 0.717) is 0 Å². The molecular weight excluding hydrogens is 355 g/mol. The van der Waals surface area contributed by atoms with E-state index in [2.05, 4.69) is 4.98 Å². The molecule has 3 atom stereocenters. The van der Waals surface area contributed by atoms with Gasteiger partial charge in [-0.25, -0.2) is 4.79 Å². The van der Waals surface area contributed by atoms with Crippen LogP contribution >= 0.6 is 7.37 Å². The van der Waals surface area contributed by atoms with E-state index in [9.17, 15) is 19.0 Å². The van der Waals surface area contributed by atoms with Crippen LogP contribution in [0.4, 0.5) is 0 Å². The molecule has 1 rings (SSSR count). The third-order valence-corrected chi connectivity index (χ3v) is 3.47. The summed E-state index contributed by atoms with van der Waals surface area (Å²) in [5, 5.41) is 0. The van der Waals surface area contributed by atoms with Crippen LogP contribution in [0.2, 0.25) is 0 Å². The molecule has 0 radical (unpaired) electrons. The monoisotopic (exact) mass is 380 g/mol. The second-order valence-electron chi connectivity index (χ2n) is 5.72. The van der Waals surface area contributed by atoms with E-state index in [4.69, 9.17) is 18.9 Å². The van der Waals surface area contributed by atoms with Crippen molar-refractivity contribution < 1.29 is 28.4 Å². The number of aromatic amines is 1. The molecule has 1 aromatic rings. The van der Waals surface area contributed by atoms with Crippen LogP contribution in [-0.2, 0) is 23.5 Å². The maximum absolute atomic E-state index is 11.9. The Kier molecular flexibility index (Phi) is 8.70. The third kappa shape index (κ3) is 8.57. The summed E-state index contributed by atoms with van der Waals surface area (Å²) in [7, 11) is -2.00. The zero-order chi connectivity index (χ0) is 19.0. The SMILES string of the molecule is COC[C@@H](O[C@H](COC(C)C)OCP(C)(=O)O)n1ccc(=O)[nH]c1=O. The van der Waals surface area contributed by atoms with Crippen LogP contribution in [0.25, 0.3) is 0 Å². The molecule has 1 unspecified atom stereocenters. The van der Waals surface area contributed by atoms with Gasteiger partial charge in [0, 0.05) is 26.0 Å². The molecule has 0 fully saturated rings. The van der Waals surface area contributed by atoms with Gasteiger partial charge in [0.25, 0.3) is 5.56 Å². The summed E-state index contributed by atoms with van der Waals surface area (Å²) in [5.41, 5.74) is -1.22. The number of methoxy groups -OCH3 is 1. The van der Waals surface area contributed by atoms with Crippen molar-refractivity contribution >= 4 is 7.37 Å². The van der Waals surface area contributed by atoms with Gasteiger partial charge >= 0.3 is 5.69 Å². The van der Waals surface area contributed by atoms with Crippen molar-refractivity contribution in [3.63, 3.8) is 0 Å².